The Morgan fingerprint density at radius 1 is 0.923 bits per heavy atom. The first kappa shape index (κ1) is 13.4. The summed E-state index contributed by atoms with van der Waals surface area (Å²) >= 11 is 0. The molecule has 0 aromatic carbocycles. The molecule has 0 aromatic rings. The van der Waals surface area contributed by atoms with Crippen molar-refractivity contribution in [2.75, 3.05) is 19.8 Å². The van der Waals surface area contributed by atoms with E-state index in [1.165, 1.54) is 6.16 Å². The molecular formula is C11H26NP. The van der Waals surface area contributed by atoms with Crippen LogP contribution in [0.5, 0.6) is 0 Å². The van der Waals surface area contributed by atoms with Gasteiger partial charge in [0, 0.05) is 0 Å². The first-order valence-corrected chi connectivity index (χ1v) is 6.64. The van der Waals surface area contributed by atoms with E-state index < -0.39 is 0 Å². The van der Waals surface area contributed by atoms with Gasteiger partial charge in [0.25, 0.3) is 0 Å². The molecule has 0 atom stereocenters. The maximum atomic E-state index is 3.26. The first-order chi connectivity index (χ1) is 5.69. The predicted octanol–water partition coefficient (Wildman–Crippen LogP) is 3.28. The average Bonchev–Trinajstić information content (AvgIpc) is 1.81. The van der Waals surface area contributed by atoms with Crippen molar-refractivity contribution in [3.63, 3.8) is 0 Å². The maximum Gasteiger partial charge on any atom is -0.00121 e. The summed E-state index contributed by atoms with van der Waals surface area (Å²) in [5.74, 6) is 0. The lowest BCUT2D eigenvalue weighted by atomic mass is 10.2. The van der Waals surface area contributed by atoms with E-state index in [9.17, 15) is 0 Å². The molecule has 0 spiro atoms. The van der Waals surface area contributed by atoms with E-state index >= 15 is 0 Å². The summed E-state index contributed by atoms with van der Waals surface area (Å²) < 4.78 is 0. The van der Waals surface area contributed by atoms with Crippen molar-refractivity contribution >= 4 is 7.92 Å². The third-order valence-corrected chi connectivity index (χ3v) is 6.11. The summed E-state index contributed by atoms with van der Waals surface area (Å²) in [5.41, 5.74) is 0. The van der Waals surface area contributed by atoms with Crippen molar-refractivity contribution in [3.05, 3.63) is 0 Å². The molecule has 2 heteroatoms. The smallest absolute Gasteiger partial charge is 0.00121 e. The van der Waals surface area contributed by atoms with Gasteiger partial charge in [-0.2, -0.15) is 0 Å². The van der Waals surface area contributed by atoms with E-state index in [4.69, 9.17) is 0 Å². The number of hydrogen-bond acceptors (Lipinski definition) is 1. The zero-order valence-corrected chi connectivity index (χ0v) is 11.3. The number of hydrogen-bond donors (Lipinski definition) is 1. The third-order valence-electron chi connectivity index (χ3n) is 2.20. The zero-order valence-electron chi connectivity index (χ0n) is 10.4. The van der Waals surface area contributed by atoms with E-state index in [1.807, 2.05) is 7.05 Å². The van der Waals surface area contributed by atoms with Crippen LogP contribution in [0.25, 0.3) is 0 Å². The van der Waals surface area contributed by atoms with Crippen LogP contribution in [0.4, 0.5) is 0 Å². The normalized spacial score (nSPS) is 13.8. The number of rotatable bonds is 3. The minimum absolute atomic E-state index is 0.0889. The molecule has 1 N–H and O–H groups in total. The van der Waals surface area contributed by atoms with E-state index in [-0.39, 0.29) is 7.92 Å². The van der Waals surface area contributed by atoms with Gasteiger partial charge in [-0.25, -0.2) is 0 Å². The largest absolute Gasteiger partial charge is 0.319 e. The van der Waals surface area contributed by atoms with Gasteiger partial charge in [-0.15, -0.1) is 0 Å². The summed E-state index contributed by atoms with van der Waals surface area (Å²) in [5, 5.41) is 4.21. The summed E-state index contributed by atoms with van der Waals surface area (Å²) in [7, 11) is 2.13. The van der Waals surface area contributed by atoms with Crippen molar-refractivity contribution < 1.29 is 0 Å². The minimum Gasteiger partial charge on any atom is -0.319 e. The molecule has 0 aliphatic carbocycles. The molecule has 0 rings (SSSR count). The van der Waals surface area contributed by atoms with Gasteiger partial charge in [-0.05, 0) is 30.1 Å². The molecule has 0 amide bonds. The average molecular weight is 203 g/mol. The molecule has 0 saturated heterocycles. The molecule has 0 saturated carbocycles. The minimum atomic E-state index is 0.0889. The van der Waals surface area contributed by atoms with Crippen LogP contribution in [0.15, 0.2) is 0 Å². The Morgan fingerprint density at radius 2 is 1.31 bits per heavy atom. The van der Waals surface area contributed by atoms with Crippen LogP contribution in [0, 0.1) is 0 Å². The van der Waals surface area contributed by atoms with Crippen LogP contribution >= 0.6 is 7.92 Å². The molecule has 0 aromatic heterocycles. The summed E-state index contributed by atoms with van der Waals surface area (Å²) in [6, 6.07) is 0. The quantitative estimate of drug-likeness (QED) is 0.694. The fourth-order valence-corrected chi connectivity index (χ4v) is 5.70. The van der Waals surface area contributed by atoms with Gasteiger partial charge in [-0.1, -0.05) is 49.5 Å². The van der Waals surface area contributed by atoms with E-state index in [2.05, 4.69) is 46.9 Å². The lowest BCUT2D eigenvalue weighted by Gasteiger charge is -2.41. The van der Waals surface area contributed by atoms with Crippen LogP contribution in [0.2, 0.25) is 0 Å². The molecule has 0 radical (unpaired) electrons. The second-order valence-electron chi connectivity index (χ2n) is 5.60. The van der Waals surface area contributed by atoms with Crippen molar-refractivity contribution in [1.29, 1.82) is 0 Å². The lowest BCUT2D eigenvalue weighted by Crippen LogP contribution is -2.29. The van der Waals surface area contributed by atoms with Gasteiger partial charge in [0.2, 0.25) is 0 Å². The Kier molecular flexibility index (Phi) is 4.90. The predicted molar refractivity (Wildman–Crippen MR) is 65.2 cm³/mol. The van der Waals surface area contributed by atoms with Gasteiger partial charge in [0.1, 0.15) is 0 Å². The Hall–Kier alpha value is 0.390. The van der Waals surface area contributed by atoms with Crippen molar-refractivity contribution in [3.8, 4) is 0 Å². The van der Waals surface area contributed by atoms with Gasteiger partial charge in [0.15, 0.2) is 0 Å². The fraction of sp³-hybridized carbons (Fsp3) is 1.00. The van der Waals surface area contributed by atoms with E-state index in [1.54, 1.807) is 0 Å². The fourth-order valence-electron chi connectivity index (χ4n) is 1.90. The molecule has 80 valence electrons. The van der Waals surface area contributed by atoms with Crippen molar-refractivity contribution in [2.24, 2.45) is 0 Å². The van der Waals surface area contributed by atoms with Crippen molar-refractivity contribution in [1.82, 2.24) is 5.32 Å². The van der Waals surface area contributed by atoms with Gasteiger partial charge in [-0.3, -0.25) is 0 Å². The van der Waals surface area contributed by atoms with Crippen molar-refractivity contribution in [2.45, 2.75) is 51.9 Å². The van der Waals surface area contributed by atoms with Crippen LogP contribution in [-0.2, 0) is 0 Å². The highest BCUT2D eigenvalue weighted by molar-refractivity contribution is 7.60. The van der Waals surface area contributed by atoms with Crippen LogP contribution in [0.1, 0.15) is 41.5 Å². The van der Waals surface area contributed by atoms with Crippen LogP contribution in [0.3, 0.4) is 0 Å². The molecule has 0 bridgehead atoms. The Morgan fingerprint density at radius 3 is 1.54 bits per heavy atom. The monoisotopic (exact) mass is 203 g/mol. The van der Waals surface area contributed by atoms with E-state index in [0.29, 0.717) is 10.3 Å². The Balaban J connectivity index is 4.39. The van der Waals surface area contributed by atoms with Crippen LogP contribution < -0.4 is 5.32 Å². The van der Waals surface area contributed by atoms with Gasteiger partial charge >= 0.3 is 0 Å². The highest BCUT2D eigenvalue weighted by atomic mass is 31.1. The Bertz CT molecular complexity index is 127. The highest BCUT2D eigenvalue weighted by Gasteiger charge is 2.33. The molecule has 0 unspecified atom stereocenters. The van der Waals surface area contributed by atoms with E-state index in [0.717, 1.165) is 6.54 Å². The molecule has 1 nitrogen and oxygen atoms in total. The molecule has 0 heterocycles. The Labute approximate surface area is 85.4 Å². The van der Waals surface area contributed by atoms with Crippen LogP contribution in [-0.4, -0.2) is 30.1 Å². The standard InChI is InChI=1S/C11H26NP/c1-10(2,3)13(9-8-12-7)11(4,5)6/h12H,8-9H2,1-7H3. The second kappa shape index (κ2) is 4.75. The maximum absolute atomic E-state index is 3.26. The summed E-state index contributed by atoms with van der Waals surface area (Å²) in [6.07, 6.45) is 1.33. The molecule has 0 aliphatic heterocycles. The first-order valence-electron chi connectivity index (χ1n) is 5.12. The third kappa shape index (κ3) is 4.98. The number of nitrogens with one attached hydrogen (secondary N) is 1. The second-order valence-corrected chi connectivity index (χ2v) is 9.58. The molecule has 13 heavy (non-hydrogen) atoms. The molecular weight excluding hydrogens is 177 g/mol. The molecule has 0 fully saturated rings. The summed E-state index contributed by atoms with van der Waals surface area (Å²) in [6.45, 7) is 15.4. The van der Waals surface area contributed by atoms with Gasteiger partial charge in [0.05, 0.1) is 0 Å². The van der Waals surface area contributed by atoms with Gasteiger partial charge < -0.3 is 5.32 Å². The summed E-state index contributed by atoms with van der Waals surface area (Å²) in [4.78, 5) is 0. The lowest BCUT2D eigenvalue weighted by molar-refractivity contribution is 0.697. The zero-order chi connectivity index (χ0) is 10.7. The highest BCUT2D eigenvalue weighted by Crippen LogP contribution is 2.58. The molecule has 0 aliphatic rings. The topological polar surface area (TPSA) is 12.0 Å². The SMILES string of the molecule is CNCCP(C(C)(C)C)C(C)(C)C.